The Labute approximate surface area is 194 Å². The summed E-state index contributed by atoms with van der Waals surface area (Å²) in [6.45, 7) is 2.80. The van der Waals surface area contributed by atoms with Gasteiger partial charge in [-0.3, -0.25) is 4.79 Å². The van der Waals surface area contributed by atoms with E-state index in [1.807, 2.05) is 72.5 Å². The molecule has 0 saturated carbocycles. The molecule has 5 rings (SSSR count). The molecule has 3 aromatic rings. The van der Waals surface area contributed by atoms with E-state index in [0.717, 1.165) is 58.6 Å². The highest BCUT2D eigenvalue weighted by molar-refractivity contribution is 6.25. The number of hydrogen-bond acceptors (Lipinski definition) is 4. The molecule has 0 radical (unpaired) electrons. The SMILES string of the molecule is COc1cccc(C2C(=O)C(c3ccc(-c4cnn(C5CCCCO5)c4)cc3)=CC=C2C)c1. The number of ether oxygens (including phenoxy) is 2. The van der Waals surface area contributed by atoms with Crippen molar-refractivity contribution in [2.45, 2.75) is 38.3 Å². The second-order valence-corrected chi connectivity index (χ2v) is 8.67. The number of carbonyl (C=O) groups is 1. The molecule has 0 spiro atoms. The fourth-order valence-corrected chi connectivity index (χ4v) is 4.65. The lowest BCUT2D eigenvalue weighted by molar-refractivity contribution is -0.114. The van der Waals surface area contributed by atoms with Crippen molar-refractivity contribution in [2.75, 3.05) is 13.7 Å². The third-order valence-electron chi connectivity index (χ3n) is 6.50. The van der Waals surface area contributed by atoms with Crippen molar-refractivity contribution in [1.29, 1.82) is 0 Å². The Kier molecular flexibility index (Phi) is 5.97. The largest absolute Gasteiger partial charge is 0.497 e. The van der Waals surface area contributed by atoms with Crippen LogP contribution in [0.5, 0.6) is 5.75 Å². The Bertz CT molecular complexity index is 1210. The Balaban J connectivity index is 1.37. The maximum atomic E-state index is 13.5. The first-order valence-corrected chi connectivity index (χ1v) is 11.5. The average molecular weight is 441 g/mol. The molecule has 1 aliphatic carbocycles. The van der Waals surface area contributed by atoms with E-state index in [2.05, 4.69) is 17.2 Å². The summed E-state index contributed by atoms with van der Waals surface area (Å²) in [5.74, 6) is 0.569. The fourth-order valence-electron chi connectivity index (χ4n) is 4.65. The summed E-state index contributed by atoms with van der Waals surface area (Å²) in [5, 5.41) is 4.51. The standard InChI is InChI=1S/C28H28N2O3/c1-19-9-14-25(28(31)27(19)22-6-5-7-24(16-22)32-2)21-12-10-20(11-13-21)23-17-29-30(18-23)26-8-3-4-15-33-26/h5-7,9-14,16-18,26-27H,3-4,8,15H2,1-2H3. The Morgan fingerprint density at radius 1 is 1.03 bits per heavy atom. The van der Waals surface area contributed by atoms with E-state index in [0.29, 0.717) is 0 Å². The number of methoxy groups -OCH3 is 1. The zero-order valence-electron chi connectivity index (χ0n) is 19.0. The molecule has 2 aliphatic rings. The topological polar surface area (TPSA) is 53.3 Å². The maximum absolute atomic E-state index is 13.5. The molecule has 5 nitrogen and oxygen atoms in total. The van der Waals surface area contributed by atoms with Crippen molar-refractivity contribution in [2.24, 2.45) is 0 Å². The summed E-state index contributed by atoms with van der Waals surface area (Å²) in [7, 11) is 1.64. The number of aromatic nitrogens is 2. The zero-order chi connectivity index (χ0) is 22.8. The van der Waals surface area contributed by atoms with Crippen LogP contribution in [-0.2, 0) is 9.53 Å². The van der Waals surface area contributed by atoms with Gasteiger partial charge in [0.1, 0.15) is 12.0 Å². The van der Waals surface area contributed by atoms with Gasteiger partial charge < -0.3 is 9.47 Å². The molecule has 0 amide bonds. The summed E-state index contributed by atoms with van der Waals surface area (Å²) in [4.78, 5) is 13.5. The number of ketones is 1. The molecule has 1 fully saturated rings. The van der Waals surface area contributed by atoms with E-state index >= 15 is 0 Å². The van der Waals surface area contributed by atoms with Gasteiger partial charge in [0.15, 0.2) is 5.78 Å². The first-order chi connectivity index (χ1) is 16.1. The summed E-state index contributed by atoms with van der Waals surface area (Å²) in [6.07, 6.45) is 11.2. The number of nitrogens with zero attached hydrogens (tertiary/aromatic N) is 2. The number of carbonyl (C=O) groups excluding carboxylic acids is 1. The van der Waals surface area contributed by atoms with Crippen LogP contribution >= 0.6 is 0 Å². The van der Waals surface area contributed by atoms with Crippen LogP contribution in [0.15, 0.2) is 78.6 Å². The molecule has 1 aromatic heterocycles. The molecule has 168 valence electrons. The number of hydrogen-bond donors (Lipinski definition) is 0. The Morgan fingerprint density at radius 2 is 1.85 bits per heavy atom. The minimum Gasteiger partial charge on any atom is -0.497 e. The van der Waals surface area contributed by atoms with Crippen LogP contribution in [0.4, 0.5) is 0 Å². The third-order valence-corrected chi connectivity index (χ3v) is 6.50. The predicted molar refractivity (Wildman–Crippen MR) is 129 cm³/mol. The molecule has 2 atom stereocenters. The van der Waals surface area contributed by atoms with Gasteiger partial charge in [0.25, 0.3) is 0 Å². The summed E-state index contributed by atoms with van der Waals surface area (Å²) < 4.78 is 13.1. The van der Waals surface area contributed by atoms with Gasteiger partial charge in [0.2, 0.25) is 0 Å². The van der Waals surface area contributed by atoms with Crippen molar-refractivity contribution in [1.82, 2.24) is 9.78 Å². The van der Waals surface area contributed by atoms with E-state index in [-0.39, 0.29) is 17.9 Å². The molecule has 0 bridgehead atoms. The van der Waals surface area contributed by atoms with Crippen LogP contribution < -0.4 is 4.74 Å². The maximum Gasteiger partial charge on any atom is 0.174 e. The second kappa shape index (κ2) is 9.20. The van der Waals surface area contributed by atoms with E-state index in [4.69, 9.17) is 9.47 Å². The van der Waals surface area contributed by atoms with Gasteiger partial charge in [-0.25, -0.2) is 4.68 Å². The van der Waals surface area contributed by atoms with Crippen molar-refractivity contribution in [3.05, 3.63) is 89.8 Å². The van der Waals surface area contributed by atoms with Gasteiger partial charge in [-0.2, -0.15) is 5.10 Å². The molecule has 2 aromatic carbocycles. The molecular weight excluding hydrogens is 412 g/mol. The fraction of sp³-hybridized carbons (Fsp3) is 0.286. The van der Waals surface area contributed by atoms with Gasteiger partial charge >= 0.3 is 0 Å². The highest BCUT2D eigenvalue weighted by atomic mass is 16.5. The van der Waals surface area contributed by atoms with Crippen molar-refractivity contribution in [3.63, 3.8) is 0 Å². The van der Waals surface area contributed by atoms with Crippen LogP contribution in [0.1, 0.15) is 49.5 Å². The quantitative estimate of drug-likeness (QED) is 0.492. The van der Waals surface area contributed by atoms with Crippen LogP contribution in [0.2, 0.25) is 0 Å². The van der Waals surface area contributed by atoms with Crippen molar-refractivity contribution < 1.29 is 14.3 Å². The van der Waals surface area contributed by atoms with Crippen molar-refractivity contribution >= 4 is 11.4 Å². The number of Topliss-reactive ketones (excluding diaryl/α,β-unsaturated/α-hetero) is 1. The Hall–Kier alpha value is -3.44. The zero-order valence-corrected chi connectivity index (χ0v) is 19.0. The molecule has 0 N–H and O–H groups in total. The van der Waals surface area contributed by atoms with Crippen LogP contribution in [0.25, 0.3) is 16.7 Å². The minimum atomic E-state index is -0.298. The van der Waals surface area contributed by atoms with E-state index in [9.17, 15) is 4.79 Å². The lowest BCUT2D eigenvalue weighted by atomic mass is 9.79. The van der Waals surface area contributed by atoms with Gasteiger partial charge in [-0.15, -0.1) is 0 Å². The molecule has 5 heteroatoms. The van der Waals surface area contributed by atoms with Gasteiger partial charge in [-0.1, -0.05) is 54.1 Å². The van der Waals surface area contributed by atoms with Crippen molar-refractivity contribution in [3.8, 4) is 16.9 Å². The second-order valence-electron chi connectivity index (χ2n) is 8.67. The highest BCUT2D eigenvalue weighted by Crippen LogP contribution is 2.36. The number of allylic oxidation sites excluding steroid dienone is 4. The summed E-state index contributed by atoms with van der Waals surface area (Å²) >= 11 is 0. The van der Waals surface area contributed by atoms with Crippen LogP contribution in [0, 0.1) is 0 Å². The normalized spacial score (nSPS) is 20.8. The predicted octanol–water partition coefficient (Wildman–Crippen LogP) is 5.95. The first kappa shape index (κ1) is 21.4. The van der Waals surface area contributed by atoms with Gasteiger partial charge in [0.05, 0.1) is 19.2 Å². The van der Waals surface area contributed by atoms with E-state index in [1.54, 1.807) is 7.11 Å². The summed E-state index contributed by atoms with van der Waals surface area (Å²) in [5.41, 5.74) is 5.75. The summed E-state index contributed by atoms with van der Waals surface area (Å²) in [6, 6.07) is 15.9. The monoisotopic (exact) mass is 440 g/mol. The van der Waals surface area contributed by atoms with Gasteiger partial charge in [0, 0.05) is 23.9 Å². The van der Waals surface area contributed by atoms with E-state index < -0.39 is 0 Å². The van der Waals surface area contributed by atoms with Crippen LogP contribution in [-0.4, -0.2) is 29.3 Å². The number of benzene rings is 2. The molecule has 1 saturated heterocycles. The van der Waals surface area contributed by atoms with E-state index in [1.165, 1.54) is 6.42 Å². The minimum absolute atomic E-state index is 0.0281. The smallest absolute Gasteiger partial charge is 0.174 e. The lowest BCUT2D eigenvalue weighted by Crippen LogP contribution is -2.18. The van der Waals surface area contributed by atoms with Gasteiger partial charge in [-0.05, 0) is 55.0 Å². The van der Waals surface area contributed by atoms with Crippen LogP contribution in [0.3, 0.4) is 0 Å². The average Bonchev–Trinajstić information content (AvgIpc) is 3.36. The lowest BCUT2D eigenvalue weighted by Gasteiger charge is -2.23. The number of rotatable bonds is 5. The first-order valence-electron chi connectivity index (χ1n) is 11.5. The third kappa shape index (κ3) is 4.29. The molecule has 2 unspecified atom stereocenters. The molecule has 2 heterocycles. The Morgan fingerprint density at radius 3 is 2.61 bits per heavy atom. The molecular formula is C28H28N2O3. The molecule has 33 heavy (non-hydrogen) atoms. The highest BCUT2D eigenvalue weighted by Gasteiger charge is 2.29. The molecule has 1 aliphatic heterocycles.